The first kappa shape index (κ1) is 23.7. The molecular formula is C26H41NO4. The van der Waals surface area contributed by atoms with Crippen LogP contribution in [0, 0.1) is 11.8 Å². The molecule has 0 heterocycles. The predicted octanol–water partition coefficient (Wildman–Crippen LogP) is 6.39. The number of rotatable bonds is 8. The number of hydrogen-bond donors (Lipinski definition) is 1. The first-order valence-corrected chi connectivity index (χ1v) is 12.3. The van der Waals surface area contributed by atoms with Crippen LogP contribution in [0.2, 0.25) is 0 Å². The van der Waals surface area contributed by atoms with Gasteiger partial charge in [0.2, 0.25) is 5.75 Å². The fourth-order valence-electron chi connectivity index (χ4n) is 4.90. The fraction of sp³-hybridized carbons (Fsp3) is 0.731. The Kier molecular flexibility index (Phi) is 9.35. The van der Waals surface area contributed by atoms with E-state index in [0.717, 1.165) is 31.4 Å². The zero-order valence-corrected chi connectivity index (χ0v) is 19.7. The van der Waals surface area contributed by atoms with Crippen molar-refractivity contribution in [3.63, 3.8) is 0 Å². The normalized spacial score (nSPS) is 20.1. The Bertz CT molecular complexity index is 664. The molecule has 5 nitrogen and oxygen atoms in total. The van der Waals surface area contributed by atoms with E-state index in [2.05, 4.69) is 5.32 Å². The van der Waals surface area contributed by atoms with Crippen molar-refractivity contribution < 1.29 is 19.0 Å². The predicted molar refractivity (Wildman–Crippen MR) is 126 cm³/mol. The summed E-state index contributed by atoms with van der Waals surface area (Å²) in [5, 5.41) is 3.56. The lowest BCUT2D eigenvalue weighted by Gasteiger charge is -2.25. The summed E-state index contributed by atoms with van der Waals surface area (Å²) in [6.45, 7) is 0. The first-order valence-electron chi connectivity index (χ1n) is 12.3. The molecule has 1 aromatic carbocycles. The summed E-state index contributed by atoms with van der Waals surface area (Å²) >= 11 is 0. The fourth-order valence-corrected chi connectivity index (χ4v) is 4.90. The van der Waals surface area contributed by atoms with E-state index in [1.165, 1.54) is 57.8 Å². The van der Waals surface area contributed by atoms with Crippen LogP contribution in [0.1, 0.15) is 83.5 Å². The number of nitrogens with one attached hydrogen (secondary N) is 1. The summed E-state index contributed by atoms with van der Waals surface area (Å²) in [7, 11) is 4.85. The van der Waals surface area contributed by atoms with Crippen LogP contribution in [0.5, 0.6) is 17.2 Å². The molecule has 2 aliphatic rings. The summed E-state index contributed by atoms with van der Waals surface area (Å²) in [6, 6.07) is 3.69. The number of hydrogen-bond acceptors (Lipinski definition) is 5. The quantitative estimate of drug-likeness (QED) is 0.516. The molecule has 1 N–H and O–H groups in total. The van der Waals surface area contributed by atoms with Crippen molar-refractivity contribution in [2.75, 3.05) is 26.6 Å². The third-order valence-corrected chi connectivity index (χ3v) is 6.89. The maximum Gasteiger partial charge on any atom is 0.203 e. The van der Waals surface area contributed by atoms with E-state index >= 15 is 0 Å². The topological polar surface area (TPSA) is 56.8 Å². The maximum atomic E-state index is 13.7. The second kappa shape index (κ2) is 12.2. The minimum absolute atomic E-state index is 0.124. The second-order valence-electron chi connectivity index (χ2n) is 9.23. The van der Waals surface area contributed by atoms with Gasteiger partial charge in [0.25, 0.3) is 0 Å². The van der Waals surface area contributed by atoms with Crippen LogP contribution in [0.25, 0.3) is 0 Å². The molecule has 3 rings (SSSR count). The largest absolute Gasteiger partial charge is 0.493 e. The smallest absolute Gasteiger partial charge is 0.203 e. The third-order valence-electron chi connectivity index (χ3n) is 6.89. The molecule has 0 aliphatic heterocycles. The Hall–Kier alpha value is -1.91. The van der Waals surface area contributed by atoms with Crippen LogP contribution in [0.3, 0.4) is 0 Å². The van der Waals surface area contributed by atoms with Gasteiger partial charge in [0.05, 0.1) is 27.4 Å². The zero-order chi connectivity index (χ0) is 22.1. The molecule has 2 aliphatic carbocycles. The van der Waals surface area contributed by atoms with E-state index in [4.69, 9.17) is 14.2 Å². The third kappa shape index (κ3) is 6.78. The Labute approximate surface area is 188 Å². The van der Waals surface area contributed by atoms with E-state index in [0.29, 0.717) is 28.9 Å². The number of carbonyl (C=O) groups excluding carboxylic acids is 1. The highest BCUT2D eigenvalue weighted by molar-refractivity contribution is 5.89. The zero-order valence-electron chi connectivity index (χ0n) is 19.7. The molecule has 1 atom stereocenters. The van der Waals surface area contributed by atoms with Crippen molar-refractivity contribution in [3.8, 4) is 17.2 Å². The molecule has 1 aromatic rings. The Morgan fingerprint density at radius 1 is 0.774 bits per heavy atom. The number of carbonyl (C=O) groups is 1. The number of ether oxygens (including phenoxy) is 3. The second-order valence-corrected chi connectivity index (χ2v) is 9.23. The first-order chi connectivity index (χ1) is 15.2. The van der Waals surface area contributed by atoms with Crippen LogP contribution in [0.4, 0.5) is 5.69 Å². The van der Waals surface area contributed by atoms with Gasteiger partial charge in [-0.3, -0.25) is 4.79 Å². The van der Waals surface area contributed by atoms with Gasteiger partial charge in [-0.25, -0.2) is 0 Å². The van der Waals surface area contributed by atoms with Crippen LogP contribution >= 0.6 is 0 Å². The summed E-state index contributed by atoms with van der Waals surface area (Å²) < 4.78 is 16.4. The van der Waals surface area contributed by atoms with Crippen molar-refractivity contribution >= 4 is 11.5 Å². The lowest BCUT2D eigenvalue weighted by Crippen LogP contribution is -2.36. The van der Waals surface area contributed by atoms with Gasteiger partial charge in [0, 0.05) is 23.7 Å². The van der Waals surface area contributed by atoms with Crippen molar-refractivity contribution in [3.05, 3.63) is 12.1 Å². The summed E-state index contributed by atoms with van der Waals surface area (Å²) in [4.78, 5) is 13.7. The van der Waals surface area contributed by atoms with Gasteiger partial charge >= 0.3 is 0 Å². The number of benzene rings is 1. The lowest BCUT2D eigenvalue weighted by molar-refractivity contribution is -0.124. The average molecular weight is 432 g/mol. The number of methoxy groups -OCH3 is 3. The molecule has 0 bridgehead atoms. The Balaban J connectivity index is 1.73. The Morgan fingerprint density at radius 3 is 1.68 bits per heavy atom. The molecule has 0 spiro atoms. The number of ketones is 1. The molecule has 5 heteroatoms. The van der Waals surface area contributed by atoms with Crippen molar-refractivity contribution in [2.24, 2.45) is 11.8 Å². The summed E-state index contributed by atoms with van der Waals surface area (Å²) in [5.74, 6) is 2.82. The van der Waals surface area contributed by atoms with Gasteiger partial charge in [0.1, 0.15) is 0 Å². The highest BCUT2D eigenvalue weighted by atomic mass is 16.5. The molecule has 2 saturated carbocycles. The molecular weight excluding hydrogens is 390 g/mol. The standard InChI is InChI=1S/C26H41NO4/c1-29-22-17-21(18-23(30-2)26(22)31-3)27-24(19-15-16-19)25(28)20-13-11-9-7-5-4-6-8-10-12-14-20/h17-20,24,27H,4-16H2,1-3H3/t24-/m1/s1. The number of Topliss-reactive ketones (excluding diaryl/α,β-unsaturated/α-hetero) is 1. The van der Waals surface area contributed by atoms with Crippen LogP contribution in [0.15, 0.2) is 12.1 Å². The van der Waals surface area contributed by atoms with Crippen molar-refractivity contribution in [1.82, 2.24) is 0 Å². The molecule has 2 fully saturated rings. The van der Waals surface area contributed by atoms with Gasteiger partial charge in [-0.05, 0) is 31.6 Å². The summed E-state index contributed by atoms with van der Waals surface area (Å²) in [5.41, 5.74) is 0.855. The van der Waals surface area contributed by atoms with Crippen molar-refractivity contribution in [1.29, 1.82) is 0 Å². The molecule has 0 saturated heterocycles. The van der Waals surface area contributed by atoms with E-state index in [1.807, 2.05) is 12.1 Å². The molecule has 174 valence electrons. The maximum absolute atomic E-state index is 13.7. The summed E-state index contributed by atoms with van der Waals surface area (Å²) in [6.07, 6.45) is 15.9. The molecule has 31 heavy (non-hydrogen) atoms. The van der Waals surface area contributed by atoms with Gasteiger partial charge < -0.3 is 19.5 Å². The minimum atomic E-state index is -0.124. The Morgan fingerprint density at radius 2 is 1.26 bits per heavy atom. The van der Waals surface area contributed by atoms with Crippen LogP contribution in [-0.2, 0) is 4.79 Å². The molecule has 0 aromatic heterocycles. The van der Waals surface area contributed by atoms with Gasteiger partial charge in [-0.1, -0.05) is 57.8 Å². The van der Waals surface area contributed by atoms with Crippen molar-refractivity contribution in [2.45, 2.75) is 89.5 Å². The molecule has 0 unspecified atom stereocenters. The van der Waals surface area contributed by atoms with E-state index < -0.39 is 0 Å². The SMILES string of the molecule is COc1cc(N[C@@H](C(=O)C2CCCCCCCCCCC2)C2CC2)cc(OC)c1OC. The van der Waals surface area contributed by atoms with E-state index in [-0.39, 0.29) is 12.0 Å². The van der Waals surface area contributed by atoms with Crippen LogP contribution in [-0.4, -0.2) is 33.2 Å². The number of anilines is 1. The minimum Gasteiger partial charge on any atom is -0.493 e. The van der Waals surface area contributed by atoms with E-state index in [9.17, 15) is 4.79 Å². The van der Waals surface area contributed by atoms with Gasteiger partial charge in [0.15, 0.2) is 17.3 Å². The van der Waals surface area contributed by atoms with Crippen LogP contribution < -0.4 is 19.5 Å². The highest BCUT2D eigenvalue weighted by Crippen LogP contribution is 2.42. The highest BCUT2D eigenvalue weighted by Gasteiger charge is 2.39. The molecule has 0 radical (unpaired) electrons. The monoisotopic (exact) mass is 431 g/mol. The molecule has 0 amide bonds. The van der Waals surface area contributed by atoms with Gasteiger partial charge in [-0.15, -0.1) is 0 Å². The lowest BCUT2D eigenvalue weighted by atomic mass is 9.85. The van der Waals surface area contributed by atoms with Gasteiger partial charge in [-0.2, -0.15) is 0 Å². The van der Waals surface area contributed by atoms with E-state index in [1.54, 1.807) is 21.3 Å². The average Bonchev–Trinajstić information content (AvgIpc) is 3.62.